The largest absolute Gasteiger partial charge is 0.481 e. The highest BCUT2D eigenvalue weighted by Crippen LogP contribution is 2.27. The predicted octanol–water partition coefficient (Wildman–Crippen LogP) is 2.59. The lowest BCUT2D eigenvalue weighted by Crippen LogP contribution is -2.52. The molecule has 2 heterocycles. The molecule has 29 heavy (non-hydrogen) atoms. The Labute approximate surface area is 169 Å². The molecule has 4 rings (SSSR count). The van der Waals surface area contributed by atoms with Gasteiger partial charge in [-0.05, 0) is 65.4 Å². The molecular formula is C21H24N4O4. The van der Waals surface area contributed by atoms with Crippen molar-refractivity contribution >= 4 is 17.4 Å². The molecule has 152 valence electrons. The molecule has 0 radical (unpaired) electrons. The van der Waals surface area contributed by atoms with Gasteiger partial charge in [-0.15, -0.1) is 0 Å². The van der Waals surface area contributed by atoms with Gasteiger partial charge in [-0.2, -0.15) is 0 Å². The fraction of sp³-hybridized carbons (Fsp3) is 0.429. The van der Waals surface area contributed by atoms with E-state index in [2.05, 4.69) is 22.0 Å². The zero-order chi connectivity index (χ0) is 20.4. The fourth-order valence-electron chi connectivity index (χ4n) is 3.99. The number of aryl methyl sites for hydroxylation is 2. The molecule has 1 aromatic carbocycles. The van der Waals surface area contributed by atoms with E-state index >= 15 is 0 Å². The number of amides is 1. The number of hydrogen-bond donors (Lipinski definition) is 0. The first-order valence-corrected chi connectivity index (χ1v) is 9.94. The van der Waals surface area contributed by atoms with Gasteiger partial charge in [-0.3, -0.25) is 4.79 Å². The van der Waals surface area contributed by atoms with Crippen molar-refractivity contribution in [2.75, 3.05) is 31.1 Å². The molecule has 0 saturated carbocycles. The average molecular weight is 396 g/mol. The maximum absolute atomic E-state index is 12.8. The minimum Gasteiger partial charge on any atom is -0.481 e. The Balaban J connectivity index is 1.31. The van der Waals surface area contributed by atoms with Gasteiger partial charge in [0.1, 0.15) is 5.75 Å². The van der Waals surface area contributed by atoms with E-state index in [0.717, 1.165) is 24.3 Å². The van der Waals surface area contributed by atoms with Gasteiger partial charge in [0.05, 0.1) is 5.69 Å². The molecule has 1 unspecified atom stereocenters. The summed E-state index contributed by atoms with van der Waals surface area (Å²) in [4.78, 5) is 30.8. The fourth-order valence-corrected chi connectivity index (χ4v) is 3.99. The maximum atomic E-state index is 12.8. The quantitative estimate of drug-likeness (QED) is 0.570. The lowest BCUT2D eigenvalue weighted by atomic mass is 10.1. The maximum Gasteiger partial charge on any atom is 0.363 e. The predicted molar refractivity (Wildman–Crippen MR) is 108 cm³/mol. The van der Waals surface area contributed by atoms with E-state index in [1.807, 2.05) is 11.0 Å². The van der Waals surface area contributed by atoms with Gasteiger partial charge >= 0.3 is 5.82 Å². The van der Waals surface area contributed by atoms with E-state index in [1.165, 1.54) is 29.8 Å². The van der Waals surface area contributed by atoms with Crippen molar-refractivity contribution in [3.8, 4) is 5.75 Å². The molecule has 0 spiro atoms. The molecule has 1 aromatic heterocycles. The number of hydrogen-bond acceptors (Lipinski definition) is 6. The number of aromatic nitrogens is 1. The van der Waals surface area contributed by atoms with Crippen molar-refractivity contribution in [1.82, 2.24) is 9.88 Å². The third-order valence-corrected chi connectivity index (χ3v) is 5.61. The number of carbonyl (C=O) groups is 1. The summed E-state index contributed by atoms with van der Waals surface area (Å²) in [7, 11) is 0. The van der Waals surface area contributed by atoms with Crippen LogP contribution < -0.4 is 9.64 Å². The van der Waals surface area contributed by atoms with E-state index in [4.69, 9.17) is 4.74 Å². The first-order chi connectivity index (χ1) is 14.0. The Bertz CT molecular complexity index is 907. The minimum absolute atomic E-state index is 0.0213. The van der Waals surface area contributed by atoms with Gasteiger partial charge in [0, 0.05) is 32.2 Å². The van der Waals surface area contributed by atoms with Crippen molar-refractivity contribution in [3.05, 3.63) is 57.8 Å². The van der Waals surface area contributed by atoms with Crippen LogP contribution >= 0.6 is 0 Å². The normalized spacial score (nSPS) is 17.0. The van der Waals surface area contributed by atoms with Gasteiger partial charge in [0.2, 0.25) is 0 Å². The van der Waals surface area contributed by atoms with Crippen LogP contribution in [0.2, 0.25) is 0 Å². The number of pyridine rings is 1. The summed E-state index contributed by atoms with van der Waals surface area (Å²) in [5.74, 6) is 0.564. The highest BCUT2D eigenvalue weighted by atomic mass is 16.6. The first-order valence-electron chi connectivity index (χ1n) is 9.94. The summed E-state index contributed by atoms with van der Waals surface area (Å²) in [6, 6.07) is 9.21. The summed E-state index contributed by atoms with van der Waals surface area (Å²) < 4.78 is 5.92. The monoisotopic (exact) mass is 396 g/mol. The number of nitro groups is 1. The van der Waals surface area contributed by atoms with E-state index in [-0.39, 0.29) is 11.7 Å². The Hall–Kier alpha value is -3.16. The minimum atomic E-state index is -0.540. The molecule has 8 nitrogen and oxygen atoms in total. The Morgan fingerprint density at radius 1 is 1.14 bits per heavy atom. The molecule has 1 saturated heterocycles. The lowest BCUT2D eigenvalue weighted by molar-refractivity contribution is -0.389. The van der Waals surface area contributed by atoms with E-state index in [0.29, 0.717) is 26.2 Å². The van der Waals surface area contributed by atoms with Crippen molar-refractivity contribution < 1.29 is 14.5 Å². The molecule has 0 N–H and O–H groups in total. The number of nitrogens with zero attached hydrogens (tertiary/aromatic N) is 4. The van der Waals surface area contributed by atoms with Crippen LogP contribution in [0.3, 0.4) is 0 Å². The van der Waals surface area contributed by atoms with Crippen molar-refractivity contribution in [3.63, 3.8) is 0 Å². The number of rotatable bonds is 5. The van der Waals surface area contributed by atoms with Crippen LogP contribution in [0.1, 0.15) is 24.5 Å². The van der Waals surface area contributed by atoms with Crippen LogP contribution in [0.5, 0.6) is 5.75 Å². The molecule has 1 aliphatic heterocycles. The van der Waals surface area contributed by atoms with Crippen molar-refractivity contribution in [1.29, 1.82) is 0 Å². The molecule has 8 heteroatoms. The molecule has 1 atom stereocenters. The van der Waals surface area contributed by atoms with E-state index in [9.17, 15) is 14.9 Å². The summed E-state index contributed by atoms with van der Waals surface area (Å²) in [5, 5.41) is 10.7. The van der Waals surface area contributed by atoms with Gasteiger partial charge < -0.3 is 24.7 Å². The second kappa shape index (κ2) is 8.06. The van der Waals surface area contributed by atoms with Gasteiger partial charge in [0.25, 0.3) is 5.91 Å². The smallest absolute Gasteiger partial charge is 0.363 e. The number of fused-ring (bicyclic) bond motifs is 1. The molecule has 1 aliphatic carbocycles. The molecule has 2 aliphatic rings. The number of benzene rings is 1. The molecule has 2 aromatic rings. The number of ether oxygens (including phenoxy) is 1. The van der Waals surface area contributed by atoms with Crippen molar-refractivity contribution in [2.45, 2.75) is 32.3 Å². The van der Waals surface area contributed by atoms with Crippen LogP contribution in [0.25, 0.3) is 0 Å². The third kappa shape index (κ3) is 4.16. The molecular weight excluding hydrogens is 372 g/mol. The Kier molecular flexibility index (Phi) is 5.33. The topological polar surface area (TPSA) is 88.8 Å². The molecule has 1 fully saturated rings. The van der Waals surface area contributed by atoms with Gasteiger partial charge in [-0.25, -0.2) is 0 Å². The van der Waals surface area contributed by atoms with E-state index < -0.39 is 11.0 Å². The summed E-state index contributed by atoms with van der Waals surface area (Å²) >= 11 is 0. The third-order valence-electron chi connectivity index (χ3n) is 5.61. The van der Waals surface area contributed by atoms with Crippen LogP contribution in [-0.2, 0) is 17.6 Å². The lowest BCUT2D eigenvalue weighted by Gasteiger charge is -2.36. The first kappa shape index (κ1) is 19.2. The molecule has 0 bridgehead atoms. The van der Waals surface area contributed by atoms with Crippen molar-refractivity contribution in [2.24, 2.45) is 0 Å². The summed E-state index contributed by atoms with van der Waals surface area (Å²) in [6.07, 6.45) is 4.35. The zero-order valence-electron chi connectivity index (χ0n) is 16.4. The SMILES string of the molecule is CC(Oc1ccc2c(c1)CCC2)C(=O)N1CCN(c2ccc([N+](=O)[O-])nc2)CC1. The van der Waals surface area contributed by atoms with Gasteiger partial charge in [0.15, 0.2) is 12.3 Å². The van der Waals surface area contributed by atoms with Crippen LogP contribution in [-0.4, -0.2) is 53.0 Å². The Morgan fingerprint density at radius 2 is 1.90 bits per heavy atom. The average Bonchev–Trinajstić information content (AvgIpc) is 3.21. The van der Waals surface area contributed by atoms with Gasteiger partial charge in [-0.1, -0.05) is 6.07 Å². The summed E-state index contributed by atoms with van der Waals surface area (Å²) in [6.45, 7) is 4.25. The standard InChI is InChI=1S/C21H24N4O4/c1-15(29-19-7-5-16-3-2-4-17(16)13-19)21(26)24-11-9-23(10-12-24)18-6-8-20(22-14-18)25(27)28/h5-8,13-15H,2-4,9-12H2,1H3. The molecule has 1 amide bonds. The summed E-state index contributed by atoms with van der Waals surface area (Å²) in [5.41, 5.74) is 3.53. The number of anilines is 1. The van der Waals surface area contributed by atoms with Crippen LogP contribution in [0.4, 0.5) is 11.5 Å². The van der Waals surface area contributed by atoms with Crippen LogP contribution in [0, 0.1) is 10.1 Å². The Morgan fingerprint density at radius 3 is 2.59 bits per heavy atom. The number of piperazine rings is 1. The zero-order valence-corrected chi connectivity index (χ0v) is 16.4. The van der Waals surface area contributed by atoms with Crippen LogP contribution in [0.15, 0.2) is 36.5 Å². The highest BCUT2D eigenvalue weighted by Gasteiger charge is 2.27. The second-order valence-electron chi connectivity index (χ2n) is 7.49. The highest BCUT2D eigenvalue weighted by molar-refractivity contribution is 5.81. The number of carbonyl (C=O) groups excluding carboxylic acids is 1. The second-order valence-corrected chi connectivity index (χ2v) is 7.49. The van der Waals surface area contributed by atoms with E-state index in [1.54, 1.807) is 13.0 Å².